The minimum atomic E-state index is -1.74. The van der Waals surface area contributed by atoms with Crippen LogP contribution in [-0.2, 0) is 21.0 Å². The largest absolute Gasteiger partial charge is 0.489 e. The maximum absolute atomic E-state index is 14.2. The Morgan fingerprint density at radius 1 is 0.851 bits per heavy atom. The molecule has 1 fully saturated rings. The zero-order valence-electron chi connectivity index (χ0n) is 27.0. The summed E-state index contributed by atoms with van der Waals surface area (Å²) in [5, 5.41) is 18.7. The fraction of sp³-hybridized carbons (Fsp3) is 0.289. The van der Waals surface area contributed by atoms with Crippen molar-refractivity contribution in [2.24, 2.45) is 11.8 Å². The summed E-state index contributed by atoms with van der Waals surface area (Å²) in [6.45, 7) is 9.36. The van der Waals surface area contributed by atoms with E-state index in [1.54, 1.807) is 54.6 Å². The monoisotopic (exact) mass is 672 g/mol. The Balaban J connectivity index is 1.52. The van der Waals surface area contributed by atoms with Crippen molar-refractivity contribution in [1.82, 2.24) is 0 Å². The molecule has 47 heavy (non-hydrogen) atoms. The molecule has 0 saturated heterocycles. The van der Waals surface area contributed by atoms with E-state index in [2.05, 4.69) is 10.6 Å². The van der Waals surface area contributed by atoms with Gasteiger partial charge in [-0.2, -0.15) is 0 Å². The van der Waals surface area contributed by atoms with Crippen LogP contribution in [0.1, 0.15) is 52.6 Å². The summed E-state index contributed by atoms with van der Waals surface area (Å²) >= 11 is 12.3. The molecule has 4 aromatic carbocycles. The smallest absolute Gasteiger partial charge is 0.235 e. The van der Waals surface area contributed by atoms with E-state index in [4.69, 9.17) is 27.9 Å². The topological polar surface area (TPSA) is 105 Å². The molecule has 9 heteroatoms. The fourth-order valence-corrected chi connectivity index (χ4v) is 6.74. The average Bonchev–Trinajstić information content (AvgIpc) is 3.00. The number of carbonyl (C=O) groups is 3. The number of aliphatic hydroxyl groups is 1. The fourth-order valence-electron chi connectivity index (χ4n) is 6.27. The molecule has 1 aliphatic carbocycles. The number of rotatable bonds is 8. The summed E-state index contributed by atoms with van der Waals surface area (Å²) in [6, 6.07) is 23.2. The highest BCUT2D eigenvalue weighted by Crippen LogP contribution is 2.47. The molecule has 2 amide bonds. The van der Waals surface area contributed by atoms with E-state index in [1.807, 2.05) is 52.0 Å². The standard InChI is InChI=1S/C38H38Cl2N2O5/c1-21-8-6-10-30(23(21)3)41-36(44)34-32(43)19-38(5,46)35(37(45)42-31-11-7-9-22(2)24(31)4)33(34)25-13-16-28(17-14-25)47-20-26-12-15-27(39)18-29(26)40/h6-18,33-35,46H,19-20H2,1-5H3,(H,41,44)(H,42,45). The highest BCUT2D eigenvalue weighted by molar-refractivity contribution is 6.35. The highest BCUT2D eigenvalue weighted by atomic mass is 35.5. The Bertz CT molecular complexity index is 1840. The van der Waals surface area contributed by atoms with E-state index >= 15 is 0 Å². The van der Waals surface area contributed by atoms with Gasteiger partial charge in [-0.05, 0) is 98.8 Å². The third-order valence-electron chi connectivity index (χ3n) is 9.23. The van der Waals surface area contributed by atoms with Crippen LogP contribution in [0.3, 0.4) is 0 Å². The van der Waals surface area contributed by atoms with E-state index in [-0.39, 0.29) is 13.0 Å². The second kappa shape index (κ2) is 13.9. The molecule has 0 aromatic heterocycles. The van der Waals surface area contributed by atoms with Crippen molar-refractivity contribution in [2.75, 3.05) is 10.6 Å². The molecule has 5 rings (SSSR count). The maximum atomic E-state index is 14.2. The van der Waals surface area contributed by atoms with E-state index < -0.39 is 41.0 Å². The molecule has 4 unspecified atom stereocenters. The number of hydrogen-bond acceptors (Lipinski definition) is 5. The zero-order chi connectivity index (χ0) is 34.0. The molecule has 7 nitrogen and oxygen atoms in total. The number of hydrogen-bond donors (Lipinski definition) is 3. The Morgan fingerprint density at radius 3 is 2.00 bits per heavy atom. The van der Waals surface area contributed by atoms with Crippen LogP contribution < -0.4 is 15.4 Å². The lowest BCUT2D eigenvalue weighted by molar-refractivity contribution is -0.150. The normalized spacial score (nSPS) is 20.9. The second-order valence-corrected chi connectivity index (χ2v) is 13.4. The van der Waals surface area contributed by atoms with E-state index in [9.17, 15) is 19.5 Å². The van der Waals surface area contributed by atoms with E-state index in [0.717, 1.165) is 27.8 Å². The van der Waals surface area contributed by atoms with Crippen LogP contribution in [0.2, 0.25) is 10.0 Å². The third-order valence-corrected chi connectivity index (χ3v) is 9.82. The van der Waals surface area contributed by atoms with Gasteiger partial charge in [0, 0.05) is 39.3 Å². The zero-order valence-corrected chi connectivity index (χ0v) is 28.5. The lowest BCUT2D eigenvalue weighted by atomic mass is 9.61. The summed E-state index contributed by atoms with van der Waals surface area (Å²) < 4.78 is 5.97. The van der Waals surface area contributed by atoms with Crippen LogP contribution in [0.25, 0.3) is 0 Å². The van der Waals surface area contributed by atoms with Gasteiger partial charge in [0.25, 0.3) is 0 Å². The van der Waals surface area contributed by atoms with Crippen LogP contribution in [0.5, 0.6) is 5.75 Å². The van der Waals surface area contributed by atoms with Crippen molar-refractivity contribution in [1.29, 1.82) is 0 Å². The Morgan fingerprint density at radius 2 is 1.43 bits per heavy atom. The van der Waals surface area contributed by atoms with Gasteiger partial charge in [0.05, 0.1) is 11.5 Å². The highest BCUT2D eigenvalue weighted by Gasteiger charge is 2.56. The van der Waals surface area contributed by atoms with Crippen LogP contribution in [-0.4, -0.2) is 28.3 Å². The number of aryl methyl sites for hydroxylation is 2. The summed E-state index contributed by atoms with van der Waals surface area (Å²) in [7, 11) is 0. The lowest BCUT2D eigenvalue weighted by Gasteiger charge is -2.44. The quantitative estimate of drug-likeness (QED) is 0.164. The van der Waals surface area contributed by atoms with Crippen molar-refractivity contribution >= 4 is 52.2 Å². The van der Waals surface area contributed by atoms with Crippen molar-refractivity contribution < 1.29 is 24.2 Å². The van der Waals surface area contributed by atoms with Gasteiger partial charge in [0.15, 0.2) is 0 Å². The molecule has 0 spiro atoms. The summed E-state index contributed by atoms with van der Waals surface area (Å²) in [4.78, 5) is 42.0. The van der Waals surface area contributed by atoms with Gasteiger partial charge in [0.1, 0.15) is 24.1 Å². The maximum Gasteiger partial charge on any atom is 0.235 e. The number of anilines is 2. The SMILES string of the molecule is Cc1cccc(NC(=O)C2C(=O)CC(C)(O)C(C(=O)Nc3cccc(C)c3C)C2c2ccc(OCc3ccc(Cl)cc3Cl)cc2)c1C. The molecule has 4 aromatic rings. The number of ether oxygens (including phenoxy) is 1. The van der Waals surface area contributed by atoms with Crippen molar-refractivity contribution in [2.45, 2.75) is 59.2 Å². The van der Waals surface area contributed by atoms with Crippen molar-refractivity contribution in [3.05, 3.63) is 122 Å². The first-order valence-electron chi connectivity index (χ1n) is 15.4. The first-order valence-corrected chi connectivity index (χ1v) is 16.2. The van der Waals surface area contributed by atoms with E-state index in [0.29, 0.717) is 32.7 Å². The molecular formula is C38H38Cl2N2O5. The van der Waals surface area contributed by atoms with Gasteiger partial charge < -0.3 is 20.5 Å². The Kier molecular flexibility index (Phi) is 10.1. The Labute approximate surface area is 285 Å². The number of nitrogens with one attached hydrogen (secondary N) is 2. The summed E-state index contributed by atoms with van der Waals surface area (Å²) in [6.07, 6.45) is -0.359. The van der Waals surface area contributed by atoms with Crippen LogP contribution >= 0.6 is 23.2 Å². The van der Waals surface area contributed by atoms with Gasteiger partial charge in [-0.25, -0.2) is 0 Å². The molecule has 0 aliphatic heterocycles. The van der Waals surface area contributed by atoms with Gasteiger partial charge in [-0.15, -0.1) is 0 Å². The molecule has 3 N–H and O–H groups in total. The molecule has 0 radical (unpaired) electrons. The van der Waals surface area contributed by atoms with Gasteiger partial charge in [-0.3, -0.25) is 14.4 Å². The molecular weight excluding hydrogens is 635 g/mol. The van der Waals surface area contributed by atoms with E-state index in [1.165, 1.54) is 6.92 Å². The molecule has 1 aliphatic rings. The van der Waals surface area contributed by atoms with Gasteiger partial charge in [-0.1, -0.05) is 65.7 Å². The first-order chi connectivity index (χ1) is 22.3. The number of carbonyl (C=O) groups excluding carboxylic acids is 3. The van der Waals surface area contributed by atoms with Crippen molar-refractivity contribution in [3.8, 4) is 5.75 Å². The predicted octanol–water partition coefficient (Wildman–Crippen LogP) is 8.12. The molecule has 0 bridgehead atoms. The third kappa shape index (κ3) is 7.38. The summed E-state index contributed by atoms with van der Waals surface area (Å²) in [5.41, 5.74) is 4.47. The molecule has 1 saturated carbocycles. The number of Topliss-reactive ketones (excluding diaryl/α,β-unsaturated/α-hetero) is 1. The van der Waals surface area contributed by atoms with Gasteiger partial charge in [0.2, 0.25) is 11.8 Å². The second-order valence-electron chi connectivity index (χ2n) is 12.5. The van der Waals surface area contributed by atoms with Crippen LogP contribution in [0, 0.1) is 39.5 Å². The number of halogens is 2. The number of benzene rings is 4. The number of amides is 2. The first kappa shape index (κ1) is 34.2. The van der Waals surface area contributed by atoms with Crippen molar-refractivity contribution in [3.63, 3.8) is 0 Å². The predicted molar refractivity (Wildman–Crippen MR) is 186 cm³/mol. The van der Waals surface area contributed by atoms with Crippen LogP contribution in [0.15, 0.2) is 78.9 Å². The van der Waals surface area contributed by atoms with Gasteiger partial charge >= 0.3 is 0 Å². The number of ketones is 1. The van der Waals surface area contributed by atoms with Crippen LogP contribution in [0.4, 0.5) is 11.4 Å². The molecule has 244 valence electrons. The molecule has 4 atom stereocenters. The lowest BCUT2D eigenvalue weighted by Crippen LogP contribution is -2.56. The minimum absolute atomic E-state index is 0.188. The molecule has 0 heterocycles. The summed E-state index contributed by atoms with van der Waals surface area (Å²) in [5.74, 6) is -4.33. The average molecular weight is 674 g/mol. The Hall–Kier alpha value is -4.17. The minimum Gasteiger partial charge on any atom is -0.489 e.